The number of allylic oxidation sites excluding steroid dienone is 2. The number of halogens is 6. The van der Waals surface area contributed by atoms with Gasteiger partial charge in [0, 0.05) is 0 Å². The van der Waals surface area contributed by atoms with Crippen molar-refractivity contribution >= 4 is 11.4 Å². The lowest BCUT2D eigenvalue weighted by Gasteiger charge is -2.25. The summed E-state index contributed by atoms with van der Waals surface area (Å²) in [6.45, 7) is 5.20. The molecule has 0 fully saturated rings. The van der Waals surface area contributed by atoms with Gasteiger partial charge in [-0.3, -0.25) is 5.32 Å². The second-order valence-electron chi connectivity index (χ2n) is 4.51. The van der Waals surface area contributed by atoms with Gasteiger partial charge in [-0.15, -0.1) is 0 Å². The monoisotopic (exact) mass is 372 g/mol. The van der Waals surface area contributed by atoms with Crippen LogP contribution in [0.2, 0.25) is 0 Å². The second kappa shape index (κ2) is 9.40. The fourth-order valence-electron chi connectivity index (χ4n) is 1.69. The van der Waals surface area contributed by atoms with E-state index in [1.807, 2.05) is 13.8 Å². The standard InChI is InChI=1S/C13H16F6N4.C2H6/c1-3-10(13(17,18)19)23-11(21-2)22-9-5-4-7(6-8(9)20)12(14,15)16;1-2/h3-6,11,21-23H,20H2,1-2H3;1-2H3/b10-3-;. The quantitative estimate of drug-likeness (QED) is 0.354. The van der Waals surface area contributed by atoms with E-state index in [9.17, 15) is 26.3 Å². The van der Waals surface area contributed by atoms with Gasteiger partial charge in [0.1, 0.15) is 5.70 Å². The van der Waals surface area contributed by atoms with Crippen molar-refractivity contribution in [3.8, 4) is 0 Å². The highest BCUT2D eigenvalue weighted by Crippen LogP contribution is 2.33. The van der Waals surface area contributed by atoms with Crippen LogP contribution in [0, 0.1) is 0 Å². The van der Waals surface area contributed by atoms with Crippen molar-refractivity contribution in [3.05, 3.63) is 35.5 Å². The van der Waals surface area contributed by atoms with E-state index in [4.69, 9.17) is 5.73 Å². The van der Waals surface area contributed by atoms with Gasteiger partial charge in [0.05, 0.1) is 16.9 Å². The van der Waals surface area contributed by atoms with Crippen molar-refractivity contribution in [2.75, 3.05) is 18.1 Å². The summed E-state index contributed by atoms with van der Waals surface area (Å²) in [4.78, 5) is 0. The van der Waals surface area contributed by atoms with E-state index in [-0.39, 0.29) is 11.4 Å². The molecule has 0 amide bonds. The van der Waals surface area contributed by atoms with Crippen LogP contribution < -0.4 is 21.7 Å². The van der Waals surface area contributed by atoms with Gasteiger partial charge in [0.25, 0.3) is 0 Å². The molecule has 5 N–H and O–H groups in total. The number of nitrogen functional groups attached to an aromatic ring is 1. The van der Waals surface area contributed by atoms with Gasteiger partial charge >= 0.3 is 12.4 Å². The molecule has 1 aromatic rings. The SMILES string of the molecule is C/C=C(\NC(NC)Nc1ccc(C(F)(F)F)cc1N)C(F)(F)F.CC. The highest BCUT2D eigenvalue weighted by Gasteiger charge is 2.34. The first-order chi connectivity index (χ1) is 11.5. The van der Waals surface area contributed by atoms with Crippen LogP contribution in [0.4, 0.5) is 37.7 Å². The maximum atomic E-state index is 12.7. The van der Waals surface area contributed by atoms with E-state index in [2.05, 4.69) is 16.0 Å². The summed E-state index contributed by atoms with van der Waals surface area (Å²) in [6, 6.07) is 2.54. The summed E-state index contributed by atoms with van der Waals surface area (Å²) in [5.41, 5.74) is 3.38. The lowest BCUT2D eigenvalue weighted by Crippen LogP contribution is -2.48. The zero-order chi connectivity index (χ0) is 19.8. The molecule has 0 spiro atoms. The number of rotatable bonds is 5. The lowest BCUT2D eigenvalue weighted by atomic mass is 10.1. The minimum Gasteiger partial charge on any atom is -0.397 e. The third kappa shape index (κ3) is 7.12. The fourth-order valence-corrected chi connectivity index (χ4v) is 1.69. The Hall–Kier alpha value is -2.10. The number of anilines is 2. The van der Waals surface area contributed by atoms with Crippen molar-refractivity contribution in [1.29, 1.82) is 0 Å². The molecule has 0 aromatic heterocycles. The molecule has 10 heteroatoms. The number of nitrogens with two attached hydrogens (primary N) is 1. The van der Waals surface area contributed by atoms with Crippen LogP contribution >= 0.6 is 0 Å². The Kier molecular flexibility index (Phi) is 8.61. The minimum atomic E-state index is -4.59. The molecular formula is C15H22F6N4. The number of nitrogens with one attached hydrogen (secondary N) is 3. The molecule has 25 heavy (non-hydrogen) atoms. The molecule has 0 aliphatic rings. The molecule has 1 atom stereocenters. The molecule has 0 saturated heterocycles. The van der Waals surface area contributed by atoms with Crippen LogP contribution in [-0.2, 0) is 6.18 Å². The predicted octanol–water partition coefficient (Wildman–Crippen LogP) is 4.28. The van der Waals surface area contributed by atoms with E-state index in [0.29, 0.717) is 6.07 Å². The van der Waals surface area contributed by atoms with Crippen molar-refractivity contribution < 1.29 is 26.3 Å². The smallest absolute Gasteiger partial charge is 0.397 e. The predicted molar refractivity (Wildman–Crippen MR) is 86.6 cm³/mol. The van der Waals surface area contributed by atoms with Crippen molar-refractivity contribution in [3.63, 3.8) is 0 Å². The first kappa shape index (κ1) is 22.9. The van der Waals surface area contributed by atoms with E-state index < -0.39 is 29.9 Å². The molecule has 0 aliphatic carbocycles. The first-order valence-corrected chi connectivity index (χ1v) is 7.39. The number of benzene rings is 1. The van der Waals surface area contributed by atoms with E-state index in [1.54, 1.807) is 0 Å². The third-order valence-corrected chi connectivity index (χ3v) is 2.86. The molecule has 1 unspecified atom stereocenters. The van der Waals surface area contributed by atoms with Gasteiger partial charge in [-0.05, 0) is 32.2 Å². The Morgan fingerprint density at radius 3 is 2.04 bits per heavy atom. The number of hydrogen-bond donors (Lipinski definition) is 4. The Bertz CT molecular complexity index is 566. The van der Waals surface area contributed by atoms with Crippen molar-refractivity contribution in [2.24, 2.45) is 0 Å². The Morgan fingerprint density at radius 1 is 1.12 bits per heavy atom. The summed E-state index contributed by atoms with van der Waals surface area (Å²) in [5, 5.41) is 7.23. The minimum absolute atomic E-state index is 0.0578. The molecule has 0 heterocycles. The first-order valence-electron chi connectivity index (χ1n) is 7.39. The van der Waals surface area contributed by atoms with Gasteiger partial charge in [-0.1, -0.05) is 19.9 Å². The molecule has 0 saturated carbocycles. The van der Waals surface area contributed by atoms with Crippen LogP contribution in [0.3, 0.4) is 0 Å². The molecule has 1 rings (SSSR count). The average molecular weight is 372 g/mol. The fraction of sp³-hybridized carbons (Fsp3) is 0.467. The Labute approximate surface area is 142 Å². The molecular weight excluding hydrogens is 350 g/mol. The zero-order valence-electron chi connectivity index (χ0n) is 14.2. The Balaban J connectivity index is 0.00000277. The normalized spacial score (nSPS) is 13.6. The van der Waals surface area contributed by atoms with E-state index >= 15 is 0 Å². The summed E-state index contributed by atoms with van der Waals surface area (Å²) in [7, 11) is 1.37. The largest absolute Gasteiger partial charge is 0.430 e. The van der Waals surface area contributed by atoms with Gasteiger partial charge in [-0.25, -0.2) is 0 Å². The van der Waals surface area contributed by atoms with Crippen molar-refractivity contribution in [1.82, 2.24) is 10.6 Å². The highest BCUT2D eigenvalue weighted by atomic mass is 19.4. The van der Waals surface area contributed by atoms with E-state index in [0.717, 1.165) is 18.2 Å². The van der Waals surface area contributed by atoms with Crippen molar-refractivity contribution in [2.45, 2.75) is 39.4 Å². The maximum Gasteiger partial charge on any atom is 0.430 e. The molecule has 0 aliphatic heterocycles. The van der Waals surface area contributed by atoms with Gasteiger partial charge in [0.15, 0.2) is 6.29 Å². The highest BCUT2D eigenvalue weighted by molar-refractivity contribution is 5.67. The second-order valence-corrected chi connectivity index (χ2v) is 4.51. The zero-order valence-corrected chi connectivity index (χ0v) is 14.2. The number of hydrogen-bond acceptors (Lipinski definition) is 4. The number of alkyl halides is 6. The summed E-state index contributed by atoms with van der Waals surface area (Å²) < 4.78 is 75.7. The third-order valence-electron chi connectivity index (χ3n) is 2.86. The van der Waals surface area contributed by atoms with Gasteiger partial charge in [0.2, 0.25) is 0 Å². The molecule has 1 aromatic carbocycles. The Morgan fingerprint density at radius 2 is 1.68 bits per heavy atom. The van der Waals surface area contributed by atoms with Crippen LogP contribution in [0.15, 0.2) is 30.0 Å². The summed E-state index contributed by atoms with van der Waals surface area (Å²) in [6.07, 6.45) is -9.40. The lowest BCUT2D eigenvalue weighted by molar-refractivity contribution is -0.137. The van der Waals surface area contributed by atoms with E-state index in [1.165, 1.54) is 14.0 Å². The molecule has 4 nitrogen and oxygen atoms in total. The van der Waals surface area contributed by atoms with Crippen LogP contribution in [-0.4, -0.2) is 19.5 Å². The van der Waals surface area contributed by atoms with Crippen LogP contribution in [0.25, 0.3) is 0 Å². The summed E-state index contributed by atoms with van der Waals surface area (Å²) >= 11 is 0. The summed E-state index contributed by atoms with van der Waals surface area (Å²) in [5.74, 6) is 0. The van der Waals surface area contributed by atoms with Gasteiger partial charge in [-0.2, -0.15) is 26.3 Å². The molecule has 0 radical (unpaired) electrons. The molecule has 144 valence electrons. The molecule has 0 bridgehead atoms. The van der Waals surface area contributed by atoms with Gasteiger partial charge < -0.3 is 16.4 Å². The van der Waals surface area contributed by atoms with Crippen LogP contribution in [0.1, 0.15) is 26.3 Å². The topological polar surface area (TPSA) is 62.1 Å². The maximum absolute atomic E-state index is 12.7. The van der Waals surface area contributed by atoms with Crippen LogP contribution in [0.5, 0.6) is 0 Å². The average Bonchev–Trinajstić information content (AvgIpc) is 2.52.